The number of fused-ring (bicyclic) bond motifs is 1. The smallest absolute Gasteiger partial charge is 0.275 e. The van der Waals surface area contributed by atoms with E-state index >= 15 is 0 Å². The molecule has 3 N–H and O–H groups in total. The average molecular weight is 261 g/mol. The monoisotopic (exact) mass is 261 g/mol. The van der Waals surface area contributed by atoms with Crippen LogP contribution in [0.4, 0.5) is 0 Å². The Morgan fingerprint density at radius 2 is 2.00 bits per heavy atom. The van der Waals surface area contributed by atoms with Crippen molar-refractivity contribution in [1.29, 1.82) is 0 Å². The molecule has 1 aromatic carbocycles. The maximum atomic E-state index is 6.23. The molecule has 0 atom stereocenters. The minimum absolute atomic E-state index is 0.915. The molecular weight excluding hydrogens is 238 g/mol. The van der Waals surface area contributed by atoms with Crippen molar-refractivity contribution in [1.82, 2.24) is 0 Å². The number of hydrogen-bond acceptors (Lipinski definition) is 2. The van der Waals surface area contributed by atoms with Crippen molar-refractivity contribution in [2.75, 3.05) is 39.4 Å². The van der Waals surface area contributed by atoms with Gasteiger partial charge in [-0.3, -0.25) is 10.3 Å². The Balaban J connectivity index is 1.53. The molecule has 2 aliphatic heterocycles. The molecule has 4 heteroatoms. The van der Waals surface area contributed by atoms with Gasteiger partial charge in [0.05, 0.1) is 31.9 Å². The Hall–Kier alpha value is -1.39. The Labute approximate surface area is 114 Å². The van der Waals surface area contributed by atoms with Crippen molar-refractivity contribution in [3.8, 4) is 0 Å². The second kappa shape index (κ2) is 5.72. The van der Waals surface area contributed by atoms with Crippen LogP contribution in [-0.2, 0) is 11.3 Å². The molecule has 19 heavy (non-hydrogen) atoms. The van der Waals surface area contributed by atoms with Gasteiger partial charge in [0.1, 0.15) is 19.6 Å². The molecule has 102 valence electrons. The van der Waals surface area contributed by atoms with Crippen molar-refractivity contribution in [3.63, 3.8) is 0 Å². The zero-order valence-electron chi connectivity index (χ0n) is 11.4. The standard InChI is InChI=1S/C15H21N3O/c16-15-14-5-2-1-4-13(14)12-18(15)7-3-6-17-8-10-19-11-9-17/h1-2,4-5,16H,3,6-12H2/p+2. The number of nitrogens with zero attached hydrogens (tertiary/aromatic N) is 1. The molecule has 1 aromatic rings. The first-order valence-electron chi connectivity index (χ1n) is 7.21. The first-order valence-corrected chi connectivity index (χ1v) is 7.21. The summed E-state index contributed by atoms with van der Waals surface area (Å²) < 4.78 is 7.69. The van der Waals surface area contributed by atoms with Crippen LogP contribution in [0.15, 0.2) is 24.3 Å². The molecule has 0 bridgehead atoms. The van der Waals surface area contributed by atoms with E-state index in [0.717, 1.165) is 45.2 Å². The third kappa shape index (κ3) is 2.80. The third-order valence-corrected chi connectivity index (χ3v) is 4.15. The van der Waals surface area contributed by atoms with Gasteiger partial charge in [0, 0.05) is 12.0 Å². The van der Waals surface area contributed by atoms with Crippen molar-refractivity contribution in [2.45, 2.75) is 13.0 Å². The van der Waals surface area contributed by atoms with Gasteiger partial charge in [-0.1, -0.05) is 18.2 Å². The molecule has 1 saturated heterocycles. The fourth-order valence-corrected chi connectivity index (χ4v) is 3.00. The van der Waals surface area contributed by atoms with Crippen LogP contribution in [0.2, 0.25) is 0 Å². The molecule has 0 aromatic heterocycles. The predicted molar refractivity (Wildman–Crippen MR) is 74.6 cm³/mol. The van der Waals surface area contributed by atoms with Gasteiger partial charge in [0.25, 0.3) is 5.84 Å². The van der Waals surface area contributed by atoms with Gasteiger partial charge in [-0.25, -0.2) is 0 Å². The molecular formula is C15H23N3O+2. The number of quaternary nitrogens is 1. The van der Waals surface area contributed by atoms with E-state index in [4.69, 9.17) is 10.5 Å². The van der Waals surface area contributed by atoms with Gasteiger partial charge in [0.15, 0.2) is 0 Å². The van der Waals surface area contributed by atoms with Crippen LogP contribution in [0.5, 0.6) is 0 Å². The number of rotatable bonds is 4. The highest BCUT2D eigenvalue weighted by Gasteiger charge is 2.24. The summed E-state index contributed by atoms with van der Waals surface area (Å²) in [6, 6.07) is 8.45. The van der Waals surface area contributed by atoms with E-state index in [0.29, 0.717) is 0 Å². The van der Waals surface area contributed by atoms with Gasteiger partial charge in [-0.15, -0.1) is 0 Å². The fraction of sp³-hybridized carbons (Fsp3) is 0.533. The second-order valence-electron chi connectivity index (χ2n) is 5.43. The van der Waals surface area contributed by atoms with Gasteiger partial charge in [0.2, 0.25) is 0 Å². The highest BCUT2D eigenvalue weighted by Crippen LogP contribution is 2.15. The number of nitrogens with one attached hydrogen (secondary N) is 1. The fourth-order valence-electron chi connectivity index (χ4n) is 3.00. The number of ether oxygens (including phenoxy) is 1. The van der Waals surface area contributed by atoms with Crippen molar-refractivity contribution in [2.24, 2.45) is 5.73 Å². The minimum Gasteiger partial charge on any atom is -0.370 e. The zero-order valence-corrected chi connectivity index (χ0v) is 11.4. The van der Waals surface area contributed by atoms with Gasteiger partial charge >= 0.3 is 0 Å². The van der Waals surface area contributed by atoms with Crippen LogP contribution in [0.3, 0.4) is 0 Å². The molecule has 0 saturated carbocycles. The van der Waals surface area contributed by atoms with Crippen LogP contribution in [-0.4, -0.2) is 49.8 Å². The molecule has 0 amide bonds. The molecule has 0 spiro atoms. The maximum Gasteiger partial charge on any atom is 0.275 e. The molecule has 1 fully saturated rings. The van der Waals surface area contributed by atoms with Crippen LogP contribution in [0.1, 0.15) is 17.5 Å². The number of nitrogens with two attached hydrogens (primary N) is 1. The summed E-state index contributed by atoms with van der Waals surface area (Å²) >= 11 is 0. The van der Waals surface area contributed by atoms with Crippen LogP contribution >= 0.6 is 0 Å². The lowest BCUT2D eigenvalue weighted by Crippen LogP contribution is -3.14. The van der Waals surface area contributed by atoms with E-state index in [2.05, 4.69) is 28.8 Å². The van der Waals surface area contributed by atoms with Crippen LogP contribution in [0.25, 0.3) is 0 Å². The lowest BCUT2D eigenvalue weighted by molar-refractivity contribution is -0.909. The van der Waals surface area contributed by atoms with E-state index in [1.54, 1.807) is 4.90 Å². The highest BCUT2D eigenvalue weighted by atomic mass is 16.5. The van der Waals surface area contributed by atoms with Gasteiger partial charge < -0.3 is 9.64 Å². The van der Waals surface area contributed by atoms with Gasteiger partial charge in [-0.2, -0.15) is 0 Å². The van der Waals surface area contributed by atoms with Crippen LogP contribution in [0, 0.1) is 0 Å². The number of hydrogen-bond donors (Lipinski definition) is 2. The van der Waals surface area contributed by atoms with Crippen LogP contribution < -0.4 is 10.6 Å². The largest absolute Gasteiger partial charge is 0.370 e. The van der Waals surface area contributed by atoms with E-state index in [1.165, 1.54) is 24.1 Å². The zero-order chi connectivity index (χ0) is 13.1. The summed E-state index contributed by atoms with van der Waals surface area (Å²) in [6.45, 7) is 7.39. The molecule has 0 aliphatic carbocycles. The first kappa shape index (κ1) is 12.6. The van der Waals surface area contributed by atoms with E-state index in [9.17, 15) is 0 Å². The molecule has 0 unspecified atom stereocenters. The Morgan fingerprint density at radius 1 is 1.21 bits per heavy atom. The maximum absolute atomic E-state index is 6.23. The topological polar surface area (TPSA) is 42.7 Å². The van der Waals surface area contributed by atoms with Crippen molar-refractivity contribution < 1.29 is 14.2 Å². The molecule has 3 rings (SSSR count). The lowest BCUT2D eigenvalue weighted by atomic mass is 10.1. The molecule has 0 radical (unpaired) electrons. The SMILES string of the molecule is NC1=[N+](CCC[NH+]2CCOCC2)Cc2ccccc21. The number of amidine groups is 1. The lowest BCUT2D eigenvalue weighted by Gasteiger charge is -2.23. The van der Waals surface area contributed by atoms with E-state index < -0.39 is 0 Å². The van der Waals surface area contributed by atoms with Gasteiger partial charge in [-0.05, 0) is 6.07 Å². The number of morpholine rings is 1. The average Bonchev–Trinajstić information content (AvgIpc) is 2.78. The first-order chi connectivity index (χ1) is 9.34. The predicted octanol–water partition coefficient (Wildman–Crippen LogP) is -0.777. The number of benzene rings is 1. The molecule has 2 aliphatic rings. The third-order valence-electron chi connectivity index (χ3n) is 4.15. The summed E-state index contributed by atoms with van der Waals surface area (Å²) in [5, 5.41) is 0. The van der Waals surface area contributed by atoms with E-state index in [1.807, 2.05) is 0 Å². The molecule has 4 nitrogen and oxygen atoms in total. The summed E-state index contributed by atoms with van der Waals surface area (Å²) in [5.74, 6) is 0.951. The Morgan fingerprint density at radius 3 is 2.79 bits per heavy atom. The summed E-state index contributed by atoms with van der Waals surface area (Å²) in [6.07, 6.45) is 1.20. The Kier molecular flexibility index (Phi) is 3.80. The van der Waals surface area contributed by atoms with E-state index in [-0.39, 0.29) is 0 Å². The summed E-state index contributed by atoms with van der Waals surface area (Å²) in [7, 11) is 0. The summed E-state index contributed by atoms with van der Waals surface area (Å²) in [5.41, 5.74) is 8.81. The Bertz CT molecular complexity index is 478. The highest BCUT2D eigenvalue weighted by molar-refractivity contribution is 5.96. The quantitative estimate of drug-likeness (QED) is 0.699. The second-order valence-corrected chi connectivity index (χ2v) is 5.43. The van der Waals surface area contributed by atoms with Crippen molar-refractivity contribution in [3.05, 3.63) is 35.4 Å². The minimum atomic E-state index is 0.915. The normalized spacial score (nSPS) is 19.8. The van der Waals surface area contributed by atoms with Crippen molar-refractivity contribution >= 4 is 5.84 Å². The molecule has 2 heterocycles. The summed E-state index contributed by atoms with van der Waals surface area (Å²) in [4.78, 5) is 1.67.